The second-order valence-electron chi connectivity index (χ2n) is 7.75. The molecular formula is C23H25ClN4O2. The molecule has 7 heteroatoms. The van der Waals surface area contributed by atoms with E-state index in [9.17, 15) is 4.79 Å². The Labute approximate surface area is 181 Å². The minimum atomic E-state index is -0.229. The highest BCUT2D eigenvalue weighted by molar-refractivity contribution is 6.30. The van der Waals surface area contributed by atoms with E-state index in [0.717, 1.165) is 36.8 Å². The molecule has 1 saturated carbocycles. The highest BCUT2D eigenvalue weighted by Crippen LogP contribution is 2.48. The summed E-state index contributed by atoms with van der Waals surface area (Å²) in [4.78, 5) is 16.5. The number of hydrogen-bond donors (Lipinski definition) is 1. The fraction of sp³-hybridized carbons (Fsp3) is 0.391. The van der Waals surface area contributed by atoms with Gasteiger partial charge in [0.15, 0.2) is 0 Å². The van der Waals surface area contributed by atoms with E-state index in [1.165, 1.54) is 0 Å². The van der Waals surface area contributed by atoms with Gasteiger partial charge in [0.25, 0.3) is 0 Å². The smallest absolute Gasteiger partial charge is 0.227 e. The normalized spacial score (nSPS) is 15.9. The van der Waals surface area contributed by atoms with Gasteiger partial charge in [0, 0.05) is 30.3 Å². The van der Waals surface area contributed by atoms with Gasteiger partial charge in [-0.25, -0.2) is 0 Å². The topological polar surface area (TPSA) is 80.9 Å². The van der Waals surface area contributed by atoms with Crippen LogP contribution in [0.5, 0.6) is 0 Å². The Balaban J connectivity index is 1.39. The molecule has 1 amide bonds. The predicted molar refractivity (Wildman–Crippen MR) is 114 cm³/mol. The van der Waals surface area contributed by atoms with Crippen LogP contribution >= 0.6 is 11.6 Å². The minimum Gasteiger partial charge on any atom is -0.424 e. The fourth-order valence-electron chi connectivity index (χ4n) is 3.98. The van der Waals surface area contributed by atoms with Gasteiger partial charge in [-0.05, 0) is 54.7 Å². The largest absolute Gasteiger partial charge is 0.424 e. The van der Waals surface area contributed by atoms with Crippen LogP contribution in [0.4, 0.5) is 0 Å². The van der Waals surface area contributed by atoms with Crippen LogP contribution in [0.3, 0.4) is 0 Å². The second kappa shape index (κ2) is 8.96. The number of aryl methyl sites for hydroxylation is 1. The second-order valence-corrected chi connectivity index (χ2v) is 8.19. The molecule has 1 aromatic carbocycles. The lowest BCUT2D eigenvalue weighted by Crippen LogP contribution is -2.35. The van der Waals surface area contributed by atoms with Crippen LogP contribution in [0.2, 0.25) is 5.02 Å². The Bertz CT molecular complexity index is 984. The Hall–Kier alpha value is -2.73. The van der Waals surface area contributed by atoms with Crippen LogP contribution in [0.25, 0.3) is 0 Å². The Morgan fingerprint density at radius 2 is 1.90 bits per heavy atom. The quantitative estimate of drug-likeness (QED) is 0.562. The third-order valence-electron chi connectivity index (χ3n) is 5.90. The standard InChI is InChI=1S/C23H25ClN4O2/c1-2-19(16-10-14-25-15-11-16)26-20(29)8-9-21-27-28-22(30-21)23(12-3-13-23)17-4-6-18(24)7-5-17/h4-7,10-11,14-15,19H,2-3,8-9,12-13H2,1H3,(H,26,29)/t19-/m0/s1. The van der Waals surface area contributed by atoms with Gasteiger partial charge in [-0.15, -0.1) is 10.2 Å². The number of nitrogens with one attached hydrogen (secondary N) is 1. The summed E-state index contributed by atoms with van der Waals surface area (Å²) in [6, 6.07) is 11.7. The summed E-state index contributed by atoms with van der Waals surface area (Å²) in [5.41, 5.74) is 1.97. The molecule has 1 aliphatic rings. The van der Waals surface area contributed by atoms with Crippen molar-refractivity contribution in [3.8, 4) is 0 Å². The number of halogens is 1. The highest BCUT2D eigenvalue weighted by Gasteiger charge is 2.45. The van der Waals surface area contributed by atoms with Crippen molar-refractivity contribution in [2.45, 2.75) is 56.9 Å². The number of pyridine rings is 1. The zero-order valence-corrected chi connectivity index (χ0v) is 17.7. The van der Waals surface area contributed by atoms with Crippen molar-refractivity contribution in [2.24, 2.45) is 0 Å². The molecule has 1 N–H and O–H groups in total. The molecule has 2 aromatic heterocycles. The van der Waals surface area contributed by atoms with Crippen LogP contribution in [-0.2, 0) is 16.6 Å². The number of rotatable bonds is 8. The van der Waals surface area contributed by atoms with Gasteiger partial charge >= 0.3 is 0 Å². The first-order valence-electron chi connectivity index (χ1n) is 10.4. The predicted octanol–water partition coefficient (Wildman–Crippen LogP) is 4.79. The molecule has 30 heavy (non-hydrogen) atoms. The van der Waals surface area contributed by atoms with Crippen molar-refractivity contribution in [1.82, 2.24) is 20.5 Å². The van der Waals surface area contributed by atoms with Gasteiger partial charge in [0.1, 0.15) is 0 Å². The van der Waals surface area contributed by atoms with Crippen LogP contribution in [0.1, 0.15) is 68.0 Å². The Morgan fingerprint density at radius 3 is 2.53 bits per heavy atom. The van der Waals surface area contributed by atoms with Gasteiger partial charge in [-0.2, -0.15) is 0 Å². The lowest BCUT2D eigenvalue weighted by Gasteiger charge is -2.39. The summed E-state index contributed by atoms with van der Waals surface area (Å²) < 4.78 is 6.00. The highest BCUT2D eigenvalue weighted by atomic mass is 35.5. The minimum absolute atomic E-state index is 0.0260. The summed E-state index contributed by atoms with van der Waals surface area (Å²) in [5, 5.41) is 12.3. The number of carbonyl (C=O) groups is 1. The van der Waals surface area contributed by atoms with Gasteiger partial charge < -0.3 is 9.73 Å². The van der Waals surface area contributed by atoms with E-state index < -0.39 is 0 Å². The lowest BCUT2D eigenvalue weighted by atomic mass is 9.64. The molecule has 0 bridgehead atoms. The van der Waals surface area contributed by atoms with Crippen LogP contribution in [-0.4, -0.2) is 21.1 Å². The third-order valence-corrected chi connectivity index (χ3v) is 6.15. The maximum Gasteiger partial charge on any atom is 0.227 e. The average Bonchev–Trinajstić information content (AvgIpc) is 3.21. The number of nitrogens with zero attached hydrogens (tertiary/aromatic N) is 3. The molecule has 6 nitrogen and oxygen atoms in total. The maximum atomic E-state index is 12.5. The molecule has 156 valence electrons. The SMILES string of the molecule is CC[C@H](NC(=O)CCc1nnc(C2(c3ccc(Cl)cc3)CCC2)o1)c1ccncc1. The summed E-state index contributed by atoms with van der Waals surface area (Å²) >= 11 is 6.04. The van der Waals surface area contributed by atoms with Crippen LogP contribution in [0.15, 0.2) is 53.2 Å². The zero-order valence-electron chi connectivity index (χ0n) is 17.0. The van der Waals surface area contributed by atoms with E-state index in [2.05, 4.69) is 20.5 Å². The van der Waals surface area contributed by atoms with Crippen molar-refractivity contribution < 1.29 is 9.21 Å². The van der Waals surface area contributed by atoms with E-state index in [1.807, 2.05) is 43.3 Å². The molecule has 1 aliphatic carbocycles. The van der Waals surface area contributed by atoms with E-state index >= 15 is 0 Å². The molecule has 2 heterocycles. The van der Waals surface area contributed by atoms with Crippen LogP contribution < -0.4 is 5.32 Å². The van der Waals surface area contributed by atoms with Crippen molar-refractivity contribution in [3.63, 3.8) is 0 Å². The molecule has 0 spiro atoms. The van der Waals surface area contributed by atoms with Gasteiger partial charge in [-0.3, -0.25) is 9.78 Å². The summed E-state index contributed by atoms with van der Waals surface area (Å²) in [6.07, 6.45) is 8.07. The molecule has 4 rings (SSSR count). The summed E-state index contributed by atoms with van der Waals surface area (Å²) in [7, 11) is 0. The van der Waals surface area contributed by atoms with Gasteiger partial charge in [-0.1, -0.05) is 37.1 Å². The number of aromatic nitrogens is 3. The number of benzene rings is 1. The van der Waals surface area contributed by atoms with Crippen molar-refractivity contribution in [1.29, 1.82) is 0 Å². The third kappa shape index (κ3) is 4.24. The van der Waals surface area contributed by atoms with E-state index in [1.54, 1.807) is 12.4 Å². The molecule has 0 unspecified atom stereocenters. The van der Waals surface area contributed by atoms with E-state index in [0.29, 0.717) is 29.6 Å². The molecule has 1 fully saturated rings. The first kappa shape index (κ1) is 20.5. The zero-order chi connectivity index (χ0) is 21.0. The molecule has 0 saturated heterocycles. The summed E-state index contributed by atoms with van der Waals surface area (Å²) in [6.45, 7) is 2.05. The molecule has 0 radical (unpaired) electrons. The Morgan fingerprint density at radius 1 is 1.17 bits per heavy atom. The van der Waals surface area contributed by atoms with E-state index in [-0.39, 0.29) is 17.4 Å². The monoisotopic (exact) mass is 424 g/mol. The lowest BCUT2D eigenvalue weighted by molar-refractivity contribution is -0.121. The number of hydrogen-bond acceptors (Lipinski definition) is 5. The first-order chi connectivity index (χ1) is 14.6. The Kier molecular flexibility index (Phi) is 6.13. The maximum absolute atomic E-state index is 12.5. The van der Waals surface area contributed by atoms with E-state index in [4.69, 9.17) is 16.0 Å². The van der Waals surface area contributed by atoms with Crippen molar-refractivity contribution in [3.05, 3.63) is 76.7 Å². The molecular weight excluding hydrogens is 400 g/mol. The number of amides is 1. The van der Waals surface area contributed by atoms with Gasteiger partial charge in [0.05, 0.1) is 11.5 Å². The molecule has 0 aliphatic heterocycles. The first-order valence-corrected chi connectivity index (χ1v) is 10.8. The fourth-order valence-corrected chi connectivity index (χ4v) is 4.10. The van der Waals surface area contributed by atoms with Crippen molar-refractivity contribution in [2.75, 3.05) is 0 Å². The van der Waals surface area contributed by atoms with Crippen molar-refractivity contribution >= 4 is 17.5 Å². The van der Waals surface area contributed by atoms with Crippen LogP contribution in [0, 0.1) is 0 Å². The molecule has 3 aromatic rings. The summed E-state index contributed by atoms with van der Waals surface area (Å²) in [5.74, 6) is 1.10. The number of carbonyl (C=O) groups excluding carboxylic acids is 1. The molecule has 1 atom stereocenters. The van der Waals surface area contributed by atoms with Gasteiger partial charge in [0.2, 0.25) is 17.7 Å². The average molecular weight is 425 g/mol.